The van der Waals surface area contributed by atoms with E-state index in [-0.39, 0.29) is 12.1 Å². The van der Waals surface area contributed by atoms with E-state index in [1.165, 1.54) is 0 Å². The molecule has 1 unspecified atom stereocenters. The van der Waals surface area contributed by atoms with Crippen LogP contribution in [0, 0.1) is 0 Å². The van der Waals surface area contributed by atoms with Crippen LogP contribution in [0.25, 0.3) is 0 Å². The smallest absolute Gasteiger partial charge is 0.407 e. The zero-order valence-electron chi connectivity index (χ0n) is 13.5. The van der Waals surface area contributed by atoms with Gasteiger partial charge in [0.25, 0.3) is 0 Å². The Balaban J connectivity index is 2.26. The fourth-order valence-corrected chi connectivity index (χ4v) is 2.45. The first-order valence-corrected chi connectivity index (χ1v) is 8.10. The van der Waals surface area contributed by atoms with Crippen LogP contribution in [0.15, 0.2) is 18.2 Å². The Kier molecular flexibility index (Phi) is 7.46. The van der Waals surface area contributed by atoms with Gasteiger partial charge in [-0.15, -0.1) is 0 Å². The minimum atomic E-state index is -0.470. The number of halogens is 2. The Morgan fingerprint density at radius 1 is 1.27 bits per heavy atom. The molecule has 124 valence electrons. The lowest BCUT2D eigenvalue weighted by Crippen LogP contribution is -2.34. The number of carbonyl (C=O) groups excluding carboxylic acids is 1. The van der Waals surface area contributed by atoms with E-state index >= 15 is 0 Å². The molecule has 2 N–H and O–H groups in total. The van der Waals surface area contributed by atoms with Gasteiger partial charge in [0, 0.05) is 22.6 Å². The van der Waals surface area contributed by atoms with Gasteiger partial charge >= 0.3 is 6.09 Å². The maximum atomic E-state index is 11.5. The molecule has 0 bridgehead atoms. The second kappa shape index (κ2) is 8.61. The largest absolute Gasteiger partial charge is 0.444 e. The molecule has 0 fully saturated rings. The molecule has 0 aliphatic carbocycles. The van der Waals surface area contributed by atoms with Gasteiger partial charge in [0.15, 0.2) is 0 Å². The highest BCUT2D eigenvalue weighted by Crippen LogP contribution is 2.25. The van der Waals surface area contributed by atoms with Crippen LogP contribution >= 0.6 is 23.2 Å². The molecule has 4 nitrogen and oxygen atoms in total. The maximum Gasteiger partial charge on any atom is 0.407 e. The molecule has 1 aromatic carbocycles. The van der Waals surface area contributed by atoms with Crippen LogP contribution in [-0.4, -0.2) is 24.8 Å². The first-order valence-electron chi connectivity index (χ1n) is 7.34. The molecule has 0 heterocycles. The van der Waals surface area contributed by atoms with Crippen molar-refractivity contribution in [3.63, 3.8) is 0 Å². The molecule has 0 aliphatic heterocycles. The molecule has 0 aliphatic rings. The molecule has 0 aromatic heterocycles. The average Bonchev–Trinajstić information content (AvgIpc) is 2.35. The number of benzene rings is 1. The Labute approximate surface area is 142 Å². The van der Waals surface area contributed by atoms with Crippen LogP contribution in [-0.2, 0) is 4.74 Å². The maximum absolute atomic E-state index is 11.5. The third-order valence-electron chi connectivity index (χ3n) is 2.90. The van der Waals surface area contributed by atoms with Crippen molar-refractivity contribution in [2.45, 2.75) is 45.8 Å². The van der Waals surface area contributed by atoms with Crippen LogP contribution in [0.3, 0.4) is 0 Å². The molecule has 0 saturated heterocycles. The average molecular weight is 347 g/mol. The summed E-state index contributed by atoms with van der Waals surface area (Å²) in [6.45, 7) is 8.87. The van der Waals surface area contributed by atoms with Crippen molar-refractivity contribution < 1.29 is 9.53 Å². The molecule has 1 rings (SSSR count). The summed E-state index contributed by atoms with van der Waals surface area (Å²) in [6.07, 6.45) is 0.413. The second-order valence-corrected chi connectivity index (χ2v) is 6.97. The third kappa shape index (κ3) is 7.34. The monoisotopic (exact) mass is 346 g/mol. The van der Waals surface area contributed by atoms with Gasteiger partial charge < -0.3 is 15.4 Å². The highest BCUT2D eigenvalue weighted by atomic mass is 35.5. The number of ether oxygens (including phenoxy) is 1. The fraction of sp³-hybridized carbons (Fsp3) is 0.562. The van der Waals surface area contributed by atoms with E-state index in [9.17, 15) is 4.79 Å². The Bertz CT molecular complexity index is 501. The lowest BCUT2D eigenvalue weighted by Gasteiger charge is -2.20. The van der Waals surface area contributed by atoms with E-state index in [0.717, 1.165) is 18.5 Å². The zero-order chi connectivity index (χ0) is 16.8. The molecule has 22 heavy (non-hydrogen) atoms. The van der Waals surface area contributed by atoms with Crippen molar-refractivity contribution in [3.05, 3.63) is 33.8 Å². The van der Waals surface area contributed by atoms with Gasteiger partial charge in [0.2, 0.25) is 0 Å². The van der Waals surface area contributed by atoms with Crippen LogP contribution in [0.2, 0.25) is 10.0 Å². The zero-order valence-corrected chi connectivity index (χ0v) is 15.0. The molecule has 1 aromatic rings. The number of carbonyl (C=O) groups is 1. The topological polar surface area (TPSA) is 50.4 Å². The van der Waals surface area contributed by atoms with E-state index in [2.05, 4.69) is 10.6 Å². The highest BCUT2D eigenvalue weighted by molar-refractivity contribution is 6.35. The fourth-order valence-electron chi connectivity index (χ4n) is 1.87. The molecular weight excluding hydrogens is 323 g/mol. The first kappa shape index (κ1) is 19.1. The summed E-state index contributed by atoms with van der Waals surface area (Å²) in [5.74, 6) is 0. The number of amides is 1. The van der Waals surface area contributed by atoms with E-state index < -0.39 is 5.60 Å². The van der Waals surface area contributed by atoms with Gasteiger partial charge in [0.1, 0.15) is 5.60 Å². The van der Waals surface area contributed by atoms with Crippen LogP contribution in [0.5, 0.6) is 0 Å². The second-order valence-electron chi connectivity index (χ2n) is 6.12. The predicted octanol–water partition coefficient (Wildman–Crippen LogP) is 4.56. The summed E-state index contributed by atoms with van der Waals surface area (Å²) < 4.78 is 5.16. The Morgan fingerprint density at radius 2 is 1.95 bits per heavy atom. The molecule has 6 heteroatoms. The Morgan fingerprint density at radius 3 is 2.55 bits per heavy atom. The van der Waals surface area contributed by atoms with Crippen molar-refractivity contribution in [1.29, 1.82) is 0 Å². The van der Waals surface area contributed by atoms with Crippen LogP contribution in [0.1, 0.15) is 45.7 Å². The van der Waals surface area contributed by atoms with Crippen molar-refractivity contribution in [2.75, 3.05) is 13.1 Å². The standard InChI is InChI=1S/C16H24Cl2N2O2/c1-11(13-7-6-12(17)10-14(13)18)19-8-5-9-20-15(21)22-16(2,3)4/h6-7,10-11,19H,5,8-9H2,1-4H3,(H,20,21). The summed E-state index contributed by atoms with van der Waals surface area (Å²) in [4.78, 5) is 11.5. The van der Waals surface area contributed by atoms with E-state index in [1.807, 2.05) is 39.8 Å². The van der Waals surface area contributed by atoms with Crippen LogP contribution in [0.4, 0.5) is 4.79 Å². The minimum absolute atomic E-state index is 0.117. The molecule has 0 radical (unpaired) electrons. The third-order valence-corrected chi connectivity index (χ3v) is 3.46. The summed E-state index contributed by atoms with van der Waals surface area (Å²) >= 11 is 12.1. The van der Waals surface area contributed by atoms with Gasteiger partial charge in [-0.2, -0.15) is 0 Å². The summed E-state index contributed by atoms with van der Waals surface area (Å²) in [5, 5.41) is 7.37. The number of hydrogen-bond donors (Lipinski definition) is 2. The molecule has 1 atom stereocenters. The number of rotatable bonds is 6. The molecule has 0 saturated carbocycles. The molecule has 0 spiro atoms. The van der Waals surface area contributed by atoms with E-state index in [0.29, 0.717) is 16.6 Å². The van der Waals surface area contributed by atoms with Gasteiger partial charge in [0.05, 0.1) is 0 Å². The van der Waals surface area contributed by atoms with E-state index in [4.69, 9.17) is 27.9 Å². The van der Waals surface area contributed by atoms with Crippen molar-refractivity contribution in [1.82, 2.24) is 10.6 Å². The number of hydrogen-bond acceptors (Lipinski definition) is 3. The highest BCUT2D eigenvalue weighted by Gasteiger charge is 2.15. The lowest BCUT2D eigenvalue weighted by atomic mass is 10.1. The predicted molar refractivity (Wildman–Crippen MR) is 91.7 cm³/mol. The number of alkyl carbamates (subject to hydrolysis) is 1. The Hall–Kier alpha value is -0.970. The summed E-state index contributed by atoms with van der Waals surface area (Å²) in [6, 6.07) is 5.60. The van der Waals surface area contributed by atoms with Crippen LogP contribution < -0.4 is 10.6 Å². The lowest BCUT2D eigenvalue weighted by molar-refractivity contribution is 0.0527. The van der Waals surface area contributed by atoms with Gasteiger partial charge in [-0.3, -0.25) is 0 Å². The summed E-state index contributed by atoms with van der Waals surface area (Å²) in [5.41, 5.74) is 0.536. The van der Waals surface area contributed by atoms with Gasteiger partial charge in [-0.1, -0.05) is 29.3 Å². The van der Waals surface area contributed by atoms with Crippen molar-refractivity contribution >= 4 is 29.3 Å². The van der Waals surface area contributed by atoms with Gasteiger partial charge in [-0.05, 0) is 58.4 Å². The SMILES string of the molecule is CC(NCCCNC(=O)OC(C)(C)C)c1ccc(Cl)cc1Cl. The first-order chi connectivity index (χ1) is 10.2. The normalized spacial score (nSPS) is 12.8. The van der Waals surface area contributed by atoms with Crippen molar-refractivity contribution in [3.8, 4) is 0 Å². The van der Waals surface area contributed by atoms with Crippen molar-refractivity contribution in [2.24, 2.45) is 0 Å². The molecule has 1 amide bonds. The van der Waals surface area contributed by atoms with Gasteiger partial charge in [-0.25, -0.2) is 4.79 Å². The quantitative estimate of drug-likeness (QED) is 0.742. The summed E-state index contributed by atoms with van der Waals surface area (Å²) in [7, 11) is 0. The van der Waals surface area contributed by atoms with E-state index in [1.54, 1.807) is 6.07 Å². The minimum Gasteiger partial charge on any atom is -0.444 e. The molecular formula is C16H24Cl2N2O2. The number of nitrogens with one attached hydrogen (secondary N) is 2.